The van der Waals surface area contributed by atoms with Gasteiger partial charge in [0.2, 0.25) is 5.91 Å². The average Bonchev–Trinajstić information content (AvgIpc) is 3.32. The van der Waals surface area contributed by atoms with Crippen molar-refractivity contribution in [3.8, 4) is 0 Å². The van der Waals surface area contributed by atoms with Gasteiger partial charge in [-0.1, -0.05) is 42.5 Å². The fourth-order valence-electron chi connectivity index (χ4n) is 4.26. The van der Waals surface area contributed by atoms with Crippen molar-refractivity contribution in [3.63, 3.8) is 0 Å². The normalized spacial score (nSPS) is 17.2. The Morgan fingerprint density at radius 2 is 1.76 bits per heavy atom. The molecule has 3 rings (SSSR count). The summed E-state index contributed by atoms with van der Waals surface area (Å²) < 4.78 is 10.4. The number of benzene rings is 2. The maximum atomic E-state index is 13.3. The van der Waals surface area contributed by atoms with Gasteiger partial charge in [0, 0.05) is 11.8 Å². The van der Waals surface area contributed by atoms with Gasteiger partial charge in [-0.15, -0.1) is 0 Å². The largest absolute Gasteiger partial charge is 0.463 e. The molecule has 9 heteroatoms. The van der Waals surface area contributed by atoms with Crippen LogP contribution in [-0.2, 0) is 23.9 Å². The van der Waals surface area contributed by atoms with Crippen molar-refractivity contribution in [3.05, 3.63) is 71.8 Å². The molecule has 0 aliphatic carbocycles. The molecular weight excluding hydrogens is 486 g/mol. The lowest BCUT2D eigenvalue weighted by molar-refractivity contribution is -0.164. The quantitative estimate of drug-likeness (QED) is 0.392. The number of esters is 2. The van der Waals surface area contributed by atoms with E-state index >= 15 is 0 Å². The number of carbonyl (C=O) groups excluding carboxylic acids is 4. The number of likely N-dealkylation sites (tertiary alicyclic amines) is 1. The summed E-state index contributed by atoms with van der Waals surface area (Å²) in [4.78, 5) is 51.9. The first-order valence-corrected chi connectivity index (χ1v) is 12.7. The summed E-state index contributed by atoms with van der Waals surface area (Å²) in [6.07, 6.45) is 3.97. The van der Waals surface area contributed by atoms with Gasteiger partial charge in [0.25, 0.3) is 0 Å². The van der Waals surface area contributed by atoms with Crippen molar-refractivity contribution in [1.29, 1.82) is 0 Å². The number of urea groups is 1. The molecule has 0 aromatic heterocycles. The van der Waals surface area contributed by atoms with Crippen LogP contribution < -0.4 is 10.6 Å². The topological polar surface area (TPSA) is 114 Å². The third-order valence-electron chi connectivity index (χ3n) is 5.78. The van der Waals surface area contributed by atoms with E-state index in [9.17, 15) is 19.2 Å². The lowest BCUT2D eigenvalue weighted by Gasteiger charge is -2.31. The second-order valence-corrected chi connectivity index (χ2v) is 9.87. The highest BCUT2D eigenvalue weighted by Crippen LogP contribution is 2.37. The number of carbonyl (C=O) groups is 4. The second-order valence-electron chi connectivity index (χ2n) is 9.87. The Kier molecular flexibility index (Phi) is 9.65. The molecule has 0 radical (unpaired) electrons. The zero-order valence-electron chi connectivity index (χ0n) is 22.2. The molecule has 2 aromatic rings. The van der Waals surface area contributed by atoms with E-state index in [1.165, 1.54) is 11.0 Å². The first kappa shape index (κ1) is 28.4. The molecule has 0 spiro atoms. The van der Waals surface area contributed by atoms with Crippen LogP contribution >= 0.6 is 0 Å². The van der Waals surface area contributed by atoms with Gasteiger partial charge in [0.1, 0.15) is 11.6 Å². The predicted molar refractivity (Wildman–Crippen MR) is 144 cm³/mol. The van der Waals surface area contributed by atoms with E-state index in [1.807, 2.05) is 30.3 Å². The lowest BCUT2D eigenvalue weighted by Crippen LogP contribution is -2.48. The highest BCUT2D eigenvalue weighted by Gasteiger charge is 2.43. The molecule has 0 bridgehead atoms. The summed E-state index contributed by atoms with van der Waals surface area (Å²) in [5.74, 6) is -1.29. The van der Waals surface area contributed by atoms with Crippen LogP contribution in [0.4, 0.5) is 10.5 Å². The number of nitrogens with one attached hydrogen (secondary N) is 2. The van der Waals surface area contributed by atoms with Gasteiger partial charge in [-0.2, -0.15) is 0 Å². The monoisotopic (exact) mass is 521 g/mol. The van der Waals surface area contributed by atoms with Crippen LogP contribution in [0, 0.1) is 0 Å². The molecule has 1 saturated heterocycles. The Hall–Kier alpha value is -4.14. The van der Waals surface area contributed by atoms with Gasteiger partial charge >= 0.3 is 18.0 Å². The first-order valence-electron chi connectivity index (χ1n) is 12.7. The molecule has 38 heavy (non-hydrogen) atoms. The predicted octanol–water partition coefficient (Wildman–Crippen LogP) is 4.46. The molecule has 2 atom stereocenters. The van der Waals surface area contributed by atoms with Gasteiger partial charge < -0.3 is 25.0 Å². The van der Waals surface area contributed by atoms with Gasteiger partial charge in [-0.05, 0) is 69.9 Å². The first-order chi connectivity index (χ1) is 18.1. The van der Waals surface area contributed by atoms with E-state index in [4.69, 9.17) is 9.47 Å². The Balaban J connectivity index is 1.66. The molecule has 9 nitrogen and oxygen atoms in total. The standard InChI is InChI=1S/C29H35N3O6/c1-5-37-26(34)17-14-20-10-9-13-22(18-20)31-28(36)30-19-25(33)32-23(21-11-7-6-8-12-21)15-16-24(32)27(35)38-29(2,3)4/h6-14,17-18,23-24H,5,15-16,19H2,1-4H3,(H2,30,31,36)/b17-14+. The van der Waals surface area contributed by atoms with Crippen molar-refractivity contribution in [2.24, 2.45) is 0 Å². The lowest BCUT2D eigenvalue weighted by atomic mass is 10.0. The van der Waals surface area contributed by atoms with Crippen molar-refractivity contribution < 1.29 is 28.7 Å². The van der Waals surface area contributed by atoms with E-state index in [0.29, 0.717) is 24.1 Å². The van der Waals surface area contributed by atoms with E-state index < -0.39 is 29.6 Å². The number of anilines is 1. The summed E-state index contributed by atoms with van der Waals surface area (Å²) in [7, 11) is 0. The summed E-state index contributed by atoms with van der Waals surface area (Å²) in [6, 6.07) is 14.8. The Bertz CT molecular complexity index is 1170. The van der Waals surface area contributed by atoms with E-state index in [-0.39, 0.29) is 25.1 Å². The number of rotatable bonds is 8. The van der Waals surface area contributed by atoms with Gasteiger partial charge in [-0.25, -0.2) is 14.4 Å². The summed E-state index contributed by atoms with van der Waals surface area (Å²) in [5, 5.41) is 5.28. The van der Waals surface area contributed by atoms with Crippen LogP contribution in [0.25, 0.3) is 6.08 Å². The van der Waals surface area contributed by atoms with Crippen molar-refractivity contribution >= 4 is 35.6 Å². The summed E-state index contributed by atoms with van der Waals surface area (Å²) in [6.45, 7) is 7.07. The van der Waals surface area contributed by atoms with Crippen LogP contribution in [0.2, 0.25) is 0 Å². The minimum Gasteiger partial charge on any atom is -0.463 e. The van der Waals surface area contributed by atoms with Crippen LogP contribution in [-0.4, -0.2) is 53.6 Å². The number of hydrogen-bond donors (Lipinski definition) is 2. The number of amides is 3. The molecule has 0 saturated carbocycles. The molecule has 1 heterocycles. The van der Waals surface area contributed by atoms with E-state index in [2.05, 4.69) is 10.6 Å². The average molecular weight is 522 g/mol. The van der Waals surface area contributed by atoms with E-state index in [1.54, 1.807) is 58.0 Å². The fourth-order valence-corrected chi connectivity index (χ4v) is 4.26. The second kappa shape index (κ2) is 12.9. The summed E-state index contributed by atoms with van der Waals surface area (Å²) in [5.41, 5.74) is 1.41. The summed E-state index contributed by atoms with van der Waals surface area (Å²) >= 11 is 0. The third-order valence-corrected chi connectivity index (χ3v) is 5.78. The van der Waals surface area contributed by atoms with Gasteiger partial charge in [0.15, 0.2) is 0 Å². The van der Waals surface area contributed by atoms with Crippen molar-refractivity contribution in [2.75, 3.05) is 18.5 Å². The molecular formula is C29H35N3O6. The van der Waals surface area contributed by atoms with Crippen LogP contribution in [0.5, 0.6) is 0 Å². The van der Waals surface area contributed by atoms with Crippen LogP contribution in [0.3, 0.4) is 0 Å². The SMILES string of the molecule is CCOC(=O)/C=C/c1cccc(NC(=O)NCC(=O)N2C(C(=O)OC(C)(C)C)CCC2c2ccccc2)c1. The molecule has 202 valence electrons. The molecule has 2 aromatic carbocycles. The molecule has 1 fully saturated rings. The van der Waals surface area contributed by atoms with Crippen LogP contribution in [0.1, 0.15) is 57.7 Å². The number of hydrogen-bond acceptors (Lipinski definition) is 6. The maximum Gasteiger partial charge on any atom is 0.330 e. The molecule has 1 aliphatic heterocycles. The molecule has 2 unspecified atom stereocenters. The zero-order chi connectivity index (χ0) is 27.7. The minimum atomic E-state index is -0.736. The zero-order valence-corrected chi connectivity index (χ0v) is 22.2. The van der Waals surface area contributed by atoms with Crippen molar-refractivity contribution in [1.82, 2.24) is 10.2 Å². The molecule has 1 aliphatic rings. The van der Waals surface area contributed by atoms with Crippen LogP contribution in [0.15, 0.2) is 60.7 Å². The smallest absolute Gasteiger partial charge is 0.330 e. The highest BCUT2D eigenvalue weighted by atomic mass is 16.6. The third kappa shape index (κ3) is 8.19. The van der Waals surface area contributed by atoms with Gasteiger partial charge in [-0.3, -0.25) is 4.79 Å². The number of nitrogens with zero attached hydrogens (tertiary/aromatic N) is 1. The van der Waals surface area contributed by atoms with E-state index in [0.717, 1.165) is 5.56 Å². The Morgan fingerprint density at radius 3 is 2.45 bits per heavy atom. The number of ether oxygens (including phenoxy) is 2. The van der Waals surface area contributed by atoms with Crippen molar-refractivity contribution in [2.45, 2.75) is 58.2 Å². The highest BCUT2D eigenvalue weighted by molar-refractivity contribution is 5.94. The minimum absolute atomic E-state index is 0.283. The maximum absolute atomic E-state index is 13.3. The van der Waals surface area contributed by atoms with Gasteiger partial charge in [0.05, 0.1) is 19.2 Å². The Morgan fingerprint density at radius 1 is 1.03 bits per heavy atom. The fraction of sp³-hybridized carbons (Fsp3) is 0.379. The Labute approximate surface area is 223 Å². The molecule has 2 N–H and O–H groups in total. The molecule has 3 amide bonds.